The van der Waals surface area contributed by atoms with Crippen molar-refractivity contribution in [1.82, 2.24) is 0 Å². The molecular weight excluding hydrogens is 717 g/mol. The normalized spacial score (nSPS) is 21.5. The van der Waals surface area contributed by atoms with Crippen LogP contribution >= 0.6 is 0 Å². The quantitative estimate of drug-likeness (QED) is 0.129. The second kappa shape index (κ2) is 8.12. The summed E-state index contributed by atoms with van der Waals surface area (Å²) in [4.78, 5) is 0. The van der Waals surface area contributed by atoms with E-state index in [0.717, 1.165) is 37.2 Å². The van der Waals surface area contributed by atoms with Crippen molar-refractivity contribution in [2.24, 2.45) is 0 Å². The van der Waals surface area contributed by atoms with Gasteiger partial charge in [-0.3, -0.25) is 0 Å². The van der Waals surface area contributed by atoms with Gasteiger partial charge in [0.25, 0.3) is 0 Å². The van der Waals surface area contributed by atoms with E-state index in [9.17, 15) is 0 Å². The van der Waals surface area contributed by atoms with Gasteiger partial charge in [-0.1, -0.05) is 60.2 Å². The van der Waals surface area contributed by atoms with Gasteiger partial charge in [0.15, 0.2) is 0 Å². The monoisotopic (exact) mass is 750 g/mol. The average Bonchev–Trinajstić information content (AvgIpc) is 4.07. The van der Waals surface area contributed by atoms with Gasteiger partial charge in [-0.05, 0) is 233 Å². The first kappa shape index (κ1) is 28.9. The van der Waals surface area contributed by atoms with Crippen LogP contribution in [0, 0.1) is 20.8 Å². The van der Waals surface area contributed by atoms with Crippen LogP contribution in [0.25, 0.3) is 103 Å². The van der Waals surface area contributed by atoms with Crippen LogP contribution in [0.4, 0.5) is 0 Å². The van der Waals surface area contributed by atoms with Crippen LogP contribution in [0.5, 0.6) is 11.5 Å². The molecule has 2 heteroatoms. The van der Waals surface area contributed by atoms with Crippen LogP contribution in [0.1, 0.15) is 72.3 Å². The van der Waals surface area contributed by atoms with E-state index >= 15 is 0 Å². The molecule has 2 nitrogen and oxygen atoms in total. The zero-order valence-corrected chi connectivity index (χ0v) is 33.5. The molecule has 0 bridgehead atoms. The summed E-state index contributed by atoms with van der Waals surface area (Å²) in [7, 11) is 3.69. The largest absolute Gasteiger partial charge is 0.496 e. The molecule has 0 spiro atoms. The molecular formula is C57H34O2. The molecule has 0 amide bonds. The molecule has 2 atom stereocenters. The zero-order chi connectivity index (χ0) is 38.2. The third-order valence-corrected chi connectivity index (χ3v) is 17.8. The van der Waals surface area contributed by atoms with Crippen LogP contribution in [-0.4, -0.2) is 14.2 Å². The predicted molar refractivity (Wildman–Crippen MR) is 243 cm³/mol. The Morgan fingerprint density at radius 2 is 1.12 bits per heavy atom. The van der Waals surface area contributed by atoms with Crippen molar-refractivity contribution in [2.75, 3.05) is 14.2 Å². The van der Waals surface area contributed by atoms with E-state index in [2.05, 4.69) is 87.5 Å². The van der Waals surface area contributed by atoms with E-state index in [4.69, 9.17) is 9.47 Å². The fraction of sp³-hybridized carbons (Fsp3) is 0.193. The Kier molecular flexibility index (Phi) is 3.98. The summed E-state index contributed by atoms with van der Waals surface area (Å²) in [5.74, 6) is 1.98. The predicted octanol–water partition coefficient (Wildman–Crippen LogP) is 13.1. The number of rotatable bonds is 5. The van der Waals surface area contributed by atoms with E-state index in [0.29, 0.717) is 0 Å². The Morgan fingerprint density at radius 3 is 1.86 bits per heavy atom. The molecule has 18 rings (SSSR count). The summed E-state index contributed by atoms with van der Waals surface area (Å²) < 4.78 is 12.3. The van der Waals surface area contributed by atoms with Crippen LogP contribution in [0.3, 0.4) is 0 Å². The van der Waals surface area contributed by atoms with Gasteiger partial charge >= 0.3 is 0 Å². The van der Waals surface area contributed by atoms with E-state index in [1.807, 2.05) is 14.2 Å². The fourth-order valence-corrected chi connectivity index (χ4v) is 16.1. The number of hydrogen-bond acceptors (Lipinski definition) is 2. The molecule has 274 valence electrons. The van der Waals surface area contributed by atoms with Gasteiger partial charge in [0.1, 0.15) is 11.5 Å². The summed E-state index contributed by atoms with van der Waals surface area (Å²) in [6.07, 6.45) is 9.49. The summed E-state index contributed by atoms with van der Waals surface area (Å²) >= 11 is 0. The molecule has 2 unspecified atom stereocenters. The standard InChI is InChI=1S/C57H34O2/c1-21-6-7-24(35(10-21)59-5)19-57-32-17-30-15-28-13-26-11-25-12-27-14-29-16-31-18-56(20-32,33-8-9-34(58-4)23(3)22(33)2)54-51-41(31)38(29)43-39(27)42-36(25)37(26)44-40(28)50(53(30)57)48-47(44)45(42)46(43)49(51)52(48)55(54)57/h6-10,12-15,18,20H,11,16-17,19H2,1-5H3. The van der Waals surface area contributed by atoms with Gasteiger partial charge in [0, 0.05) is 5.41 Å². The van der Waals surface area contributed by atoms with Gasteiger partial charge in [0.05, 0.1) is 19.6 Å². The van der Waals surface area contributed by atoms with E-state index in [1.54, 1.807) is 120 Å². The third kappa shape index (κ3) is 2.43. The summed E-state index contributed by atoms with van der Waals surface area (Å²) in [6, 6.07) is 22.2. The van der Waals surface area contributed by atoms with Crippen LogP contribution < -0.4 is 9.47 Å². The molecule has 59 heavy (non-hydrogen) atoms. The molecule has 0 saturated heterocycles. The lowest BCUT2D eigenvalue weighted by atomic mass is 9.54. The lowest BCUT2D eigenvalue weighted by molar-refractivity contribution is 0.405. The molecule has 0 fully saturated rings. The maximum Gasteiger partial charge on any atom is 0.122 e. The maximum absolute atomic E-state index is 6.31. The third-order valence-electron chi connectivity index (χ3n) is 17.8. The van der Waals surface area contributed by atoms with Crippen molar-refractivity contribution in [3.63, 3.8) is 0 Å². The molecule has 0 aromatic heterocycles. The van der Waals surface area contributed by atoms with Crippen LogP contribution in [0.2, 0.25) is 0 Å². The number of methoxy groups -OCH3 is 2. The van der Waals surface area contributed by atoms with Gasteiger partial charge < -0.3 is 9.47 Å². The zero-order valence-electron chi connectivity index (χ0n) is 33.5. The lowest BCUT2D eigenvalue weighted by Crippen LogP contribution is -2.41. The Morgan fingerprint density at radius 1 is 0.492 bits per heavy atom. The molecule has 6 aliphatic carbocycles. The van der Waals surface area contributed by atoms with Crippen molar-refractivity contribution >= 4 is 103 Å². The highest BCUT2D eigenvalue weighted by Crippen LogP contribution is 2.74. The van der Waals surface area contributed by atoms with Crippen LogP contribution in [0.15, 0.2) is 72.3 Å². The van der Waals surface area contributed by atoms with Crippen LogP contribution in [-0.2, 0) is 36.5 Å². The number of allylic oxidation sites excluding steroid dienone is 4. The average molecular weight is 751 g/mol. The molecule has 12 aromatic rings. The van der Waals surface area contributed by atoms with Crippen molar-refractivity contribution in [3.8, 4) is 11.5 Å². The molecule has 6 aliphatic rings. The molecule has 0 N–H and O–H groups in total. The van der Waals surface area contributed by atoms with Crippen molar-refractivity contribution < 1.29 is 9.47 Å². The maximum atomic E-state index is 6.31. The minimum atomic E-state index is -0.416. The fourth-order valence-electron chi connectivity index (χ4n) is 16.1. The lowest BCUT2D eigenvalue weighted by Gasteiger charge is -2.47. The summed E-state index contributed by atoms with van der Waals surface area (Å²) in [5, 5.41) is 28.0. The molecule has 0 heterocycles. The van der Waals surface area contributed by atoms with Gasteiger partial charge in [-0.25, -0.2) is 0 Å². The van der Waals surface area contributed by atoms with Crippen molar-refractivity contribution in [3.05, 3.63) is 145 Å². The number of ether oxygens (including phenoxy) is 2. The molecule has 0 radical (unpaired) electrons. The smallest absolute Gasteiger partial charge is 0.122 e. The van der Waals surface area contributed by atoms with Gasteiger partial charge in [-0.2, -0.15) is 0 Å². The first-order chi connectivity index (χ1) is 28.9. The van der Waals surface area contributed by atoms with Crippen molar-refractivity contribution in [1.29, 1.82) is 0 Å². The number of hydrogen-bond donors (Lipinski definition) is 0. The molecule has 0 aliphatic heterocycles. The van der Waals surface area contributed by atoms with E-state index in [1.165, 1.54) is 60.7 Å². The summed E-state index contributed by atoms with van der Waals surface area (Å²) in [6.45, 7) is 6.81. The Hall–Kier alpha value is -6.38. The first-order valence-corrected chi connectivity index (χ1v) is 21.7. The number of benzene rings is 9. The molecule has 0 saturated carbocycles. The minimum Gasteiger partial charge on any atom is -0.496 e. The van der Waals surface area contributed by atoms with Gasteiger partial charge in [-0.15, -0.1) is 0 Å². The summed E-state index contributed by atoms with van der Waals surface area (Å²) in [5.41, 5.74) is 21.4. The molecule has 12 aromatic carbocycles. The highest BCUT2D eigenvalue weighted by molar-refractivity contribution is 6.61. The van der Waals surface area contributed by atoms with E-state index < -0.39 is 5.41 Å². The second-order valence-electron chi connectivity index (χ2n) is 19.8. The highest BCUT2D eigenvalue weighted by atomic mass is 16.5. The Labute approximate surface area is 338 Å². The number of aryl methyl sites for hydroxylation is 1. The SMILES string of the molecule is COc1cc(C)ccc1CC12C3=CC4(c5ccc(OC)c(C)c5C)C=C5Cc6cc7cc8c9c%10c(cc%11cc(c1c1c%11c%10c%10c1c1c2c4c2c5c6c4c7c9c%10c4c21)C3)C8. The van der Waals surface area contributed by atoms with Crippen molar-refractivity contribution in [2.45, 2.75) is 57.3 Å². The highest BCUT2D eigenvalue weighted by Gasteiger charge is 2.60. The minimum absolute atomic E-state index is 0.309. The Bertz CT molecular complexity index is 4230. The second-order valence-corrected chi connectivity index (χ2v) is 19.8. The topological polar surface area (TPSA) is 18.5 Å². The van der Waals surface area contributed by atoms with Gasteiger partial charge in [0.2, 0.25) is 0 Å². The van der Waals surface area contributed by atoms with E-state index in [-0.39, 0.29) is 5.41 Å². The first-order valence-electron chi connectivity index (χ1n) is 21.7. The Balaban J connectivity index is 1.19.